The SMILES string of the molecule is CCOC(=O)Nc1nc2cc(NCC(C)(C)c3ccccc3)ccn2n1. The van der Waals surface area contributed by atoms with Gasteiger partial charge in [0.25, 0.3) is 5.95 Å². The number of hydrogen-bond donors (Lipinski definition) is 2. The molecule has 7 heteroatoms. The van der Waals surface area contributed by atoms with Crippen LogP contribution in [0.5, 0.6) is 0 Å². The van der Waals surface area contributed by atoms with Gasteiger partial charge in [0, 0.05) is 29.9 Å². The second-order valence-electron chi connectivity index (χ2n) is 6.60. The molecule has 0 saturated carbocycles. The predicted molar refractivity (Wildman–Crippen MR) is 102 cm³/mol. The maximum absolute atomic E-state index is 11.5. The van der Waals surface area contributed by atoms with Crippen molar-refractivity contribution in [3.63, 3.8) is 0 Å². The van der Waals surface area contributed by atoms with E-state index in [-0.39, 0.29) is 11.4 Å². The van der Waals surface area contributed by atoms with Crippen LogP contribution in [0.25, 0.3) is 5.65 Å². The average Bonchev–Trinajstić information content (AvgIpc) is 3.02. The zero-order valence-electron chi connectivity index (χ0n) is 15.2. The summed E-state index contributed by atoms with van der Waals surface area (Å²) in [7, 11) is 0. The summed E-state index contributed by atoms with van der Waals surface area (Å²) in [5.41, 5.74) is 2.84. The highest BCUT2D eigenvalue weighted by Gasteiger charge is 2.20. The van der Waals surface area contributed by atoms with Gasteiger partial charge >= 0.3 is 6.09 Å². The molecule has 3 rings (SSSR count). The summed E-state index contributed by atoms with van der Waals surface area (Å²) in [6, 6.07) is 14.2. The van der Waals surface area contributed by atoms with E-state index in [0.717, 1.165) is 12.2 Å². The van der Waals surface area contributed by atoms with Gasteiger partial charge in [-0.1, -0.05) is 44.2 Å². The Balaban J connectivity index is 1.70. The molecule has 26 heavy (non-hydrogen) atoms. The minimum Gasteiger partial charge on any atom is -0.450 e. The Bertz CT molecular complexity index is 889. The Labute approximate surface area is 152 Å². The molecule has 0 unspecified atom stereocenters. The van der Waals surface area contributed by atoms with Crippen LogP contribution in [0, 0.1) is 0 Å². The van der Waals surface area contributed by atoms with E-state index in [1.54, 1.807) is 17.6 Å². The predicted octanol–water partition coefficient (Wildman–Crippen LogP) is 3.69. The highest BCUT2D eigenvalue weighted by Crippen LogP contribution is 2.24. The van der Waals surface area contributed by atoms with Crippen molar-refractivity contribution in [2.24, 2.45) is 0 Å². The van der Waals surface area contributed by atoms with E-state index in [1.165, 1.54) is 5.56 Å². The molecule has 0 radical (unpaired) electrons. The molecule has 0 aliphatic heterocycles. The number of rotatable bonds is 6. The molecular formula is C19H23N5O2. The molecule has 0 aliphatic carbocycles. The van der Waals surface area contributed by atoms with Crippen LogP contribution in [0.1, 0.15) is 26.3 Å². The maximum Gasteiger partial charge on any atom is 0.414 e. The number of nitrogens with zero attached hydrogens (tertiary/aromatic N) is 3. The van der Waals surface area contributed by atoms with E-state index in [1.807, 2.05) is 18.2 Å². The molecule has 0 aliphatic rings. The van der Waals surface area contributed by atoms with Crippen LogP contribution < -0.4 is 10.6 Å². The van der Waals surface area contributed by atoms with Crippen molar-refractivity contribution in [2.75, 3.05) is 23.8 Å². The van der Waals surface area contributed by atoms with Gasteiger partial charge in [-0.2, -0.15) is 4.98 Å². The van der Waals surface area contributed by atoms with Crippen molar-refractivity contribution >= 4 is 23.4 Å². The first kappa shape index (κ1) is 17.7. The third-order valence-electron chi connectivity index (χ3n) is 4.12. The van der Waals surface area contributed by atoms with Crippen molar-refractivity contribution in [3.8, 4) is 0 Å². The first-order valence-electron chi connectivity index (χ1n) is 8.57. The largest absolute Gasteiger partial charge is 0.450 e. The molecule has 3 aromatic rings. The molecule has 1 amide bonds. The summed E-state index contributed by atoms with van der Waals surface area (Å²) in [6.45, 7) is 7.21. The van der Waals surface area contributed by atoms with Crippen LogP contribution >= 0.6 is 0 Å². The summed E-state index contributed by atoms with van der Waals surface area (Å²) >= 11 is 0. The highest BCUT2D eigenvalue weighted by atomic mass is 16.5. The summed E-state index contributed by atoms with van der Waals surface area (Å²) in [5, 5.41) is 10.2. The molecule has 0 saturated heterocycles. The number of anilines is 2. The quantitative estimate of drug-likeness (QED) is 0.706. The number of aromatic nitrogens is 3. The standard InChI is InChI=1S/C19H23N5O2/c1-4-26-18(25)22-17-21-16-12-15(10-11-24(16)23-17)20-13-19(2,3)14-8-6-5-7-9-14/h5-12,20H,4,13H2,1-3H3,(H,22,23,25). The highest BCUT2D eigenvalue weighted by molar-refractivity contribution is 5.82. The van der Waals surface area contributed by atoms with Gasteiger partial charge in [0.1, 0.15) is 0 Å². The first-order valence-corrected chi connectivity index (χ1v) is 8.57. The number of amides is 1. The van der Waals surface area contributed by atoms with E-state index in [9.17, 15) is 4.79 Å². The second-order valence-corrected chi connectivity index (χ2v) is 6.60. The topological polar surface area (TPSA) is 80.5 Å². The summed E-state index contributed by atoms with van der Waals surface area (Å²) in [4.78, 5) is 15.8. The number of nitrogens with one attached hydrogen (secondary N) is 2. The molecule has 2 heterocycles. The lowest BCUT2D eigenvalue weighted by molar-refractivity contribution is 0.167. The first-order chi connectivity index (χ1) is 12.5. The van der Waals surface area contributed by atoms with E-state index >= 15 is 0 Å². The molecule has 2 N–H and O–H groups in total. The van der Waals surface area contributed by atoms with Crippen molar-refractivity contribution in [1.29, 1.82) is 0 Å². The minimum atomic E-state index is -0.564. The Morgan fingerprint density at radius 3 is 2.73 bits per heavy atom. The van der Waals surface area contributed by atoms with Gasteiger partial charge in [-0.25, -0.2) is 9.31 Å². The second kappa shape index (κ2) is 7.43. The Hall–Kier alpha value is -3.09. The van der Waals surface area contributed by atoms with Gasteiger partial charge in [-0.05, 0) is 18.6 Å². The third-order valence-corrected chi connectivity index (χ3v) is 4.12. The van der Waals surface area contributed by atoms with Crippen LogP contribution in [0.15, 0.2) is 48.7 Å². The van der Waals surface area contributed by atoms with Gasteiger partial charge in [0.2, 0.25) is 0 Å². The molecule has 0 bridgehead atoms. The number of hydrogen-bond acceptors (Lipinski definition) is 5. The lowest BCUT2D eigenvalue weighted by Crippen LogP contribution is -2.27. The van der Waals surface area contributed by atoms with Crippen LogP contribution in [-0.4, -0.2) is 33.8 Å². The zero-order chi connectivity index (χ0) is 18.6. The smallest absolute Gasteiger partial charge is 0.414 e. The summed E-state index contributed by atoms with van der Waals surface area (Å²) in [6.07, 6.45) is 1.24. The van der Waals surface area contributed by atoms with Gasteiger partial charge in [0.15, 0.2) is 5.65 Å². The Morgan fingerprint density at radius 2 is 2.00 bits per heavy atom. The normalized spacial score (nSPS) is 11.3. The molecule has 0 fully saturated rings. The monoisotopic (exact) mass is 353 g/mol. The lowest BCUT2D eigenvalue weighted by atomic mass is 9.84. The third kappa shape index (κ3) is 4.11. The fourth-order valence-corrected chi connectivity index (χ4v) is 2.62. The lowest BCUT2D eigenvalue weighted by Gasteiger charge is -2.26. The summed E-state index contributed by atoms with van der Waals surface area (Å²) in [5.74, 6) is 0.213. The number of ether oxygens (including phenoxy) is 1. The van der Waals surface area contributed by atoms with Crippen LogP contribution in [0.2, 0.25) is 0 Å². The van der Waals surface area contributed by atoms with Crippen molar-refractivity contribution in [2.45, 2.75) is 26.2 Å². The van der Waals surface area contributed by atoms with Gasteiger partial charge < -0.3 is 10.1 Å². The van der Waals surface area contributed by atoms with E-state index in [2.05, 4.69) is 58.8 Å². The summed E-state index contributed by atoms with van der Waals surface area (Å²) < 4.78 is 6.44. The van der Waals surface area contributed by atoms with Crippen molar-refractivity contribution in [3.05, 3.63) is 54.2 Å². The fraction of sp³-hybridized carbons (Fsp3) is 0.316. The Morgan fingerprint density at radius 1 is 1.23 bits per heavy atom. The van der Waals surface area contributed by atoms with Crippen LogP contribution in [-0.2, 0) is 10.2 Å². The van der Waals surface area contributed by atoms with Crippen LogP contribution in [0.4, 0.5) is 16.4 Å². The maximum atomic E-state index is 11.5. The average molecular weight is 353 g/mol. The van der Waals surface area contributed by atoms with Gasteiger partial charge in [-0.15, -0.1) is 5.10 Å². The number of carbonyl (C=O) groups is 1. The van der Waals surface area contributed by atoms with Gasteiger partial charge in [0.05, 0.1) is 6.61 Å². The number of fused-ring (bicyclic) bond motifs is 1. The number of pyridine rings is 1. The van der Waals surface area contributed by atoms with Crippen molar-refractivity contribution < 1.29 is 9.53 Å². The molecule has 0 atom stereocenters. The molecule has 2 aromatic heterocycles. The molecule has 7 nitrogen and oxygen atoms in total. The minimum absolute atomic E-state index is 0.0162. The van der Waals surface area contributed by atoms with E-state index in [0.29, 0.717) is 12.3 Å². The van der Waals surface area contributed by atoms with E-state index in [4.69, 9.17) is 4.74 Å². The molecule has 136 valence electrons. The Kier molecular flexibility index (Phi) is 5.06. The number of carbonyl (C=O) groups excluding carboxylic acids is 1. The van der Waals surface area contributed by atoms with Crippen LogP contribution in [0.3, 0.4) is 0 Å². The van der Waals surface area contributed by atoms with Gasteiger partial charge in [-0.3, -0.25) is 5.32 Å². The van der Waals surface area contributed by atoms with Crippen molar-refractivity contribution in [1.82, 2.24) is 14.6 Å². The fourth-order valence-electron chi connectivity index (χ4n) is 2.62. The van der Waals surface area contributed by atoms with E-state index < -0.39 is 6.09 Å². The zero-order valence-corrected chi connectivity index (χ0v) is 15.2. The molecule has 1 aromatic carbocycles. The molecular weight excluding hydrogens is 330 g/mol. The molecule has 0 spiro atoms. The number of benzene rings is 1.